The second-order valence-corrected chi connectivity index (χ2v) is 5.46. The minimum Gasteiger partial charge on any atom is -0.293 e. The van der Waals surface area contributed by atoms with Gasteiger partial charge >= 0.3 is 0 Å². The van der Waals surface area contributed by atoms with Crippen molar-refractivity contribution in [3.8, 4) is 0 Å². The van der Waals surface area contributed by atoms with Crippen LogP contribution in [0.3, 0.4) is 0 Å². The topological polar surface area (TPSA) is 47.8 Å². The zero-order valence-corrected chi connectivity index (χ0v) is 11.0. The Morgan fingerprint density at radius 1 is 1.53 bits per heavy atom. The summed E-state index contributed by atoms with van der Waals surface area (Å²) in [6.45, 7) is 6.02. The Morgan fingerprint density at radius 3 is 2.82 bits per heavy atom. The third kappa shape index (κ3) is 2.79. The third-order valence-corrected chi connectivity index (χ3v) is 3.38. The summed E-state index contributed by atoms with van der Waals surface area (Å²) in [6.07, 6.45) is 3.90. The van der Waals surface area contributed by atoms with Gasteiger partial charge in [0.25, 0.3) is 0 Å². The van der Waals surface area contributed by atoms with Gasteiger partial charge in [0.1, 0.15) is 0 Å². The molecule has 0 atom stereocenters. The van der Waals surface area contributed by atoms with Crippen LogP contribution in [0.2, 0.25) is 0 Å². The third-order valence-electron chi connectivity index (χ3n) is 2.43. The Bertz CT molecular complexity index is 527. The van der Waals surface area contributed by atoms with Gasteiger partial charge in [-0.25, -0.2) is 4.98 Å². The van der Waals surface area contributed by atoms with E-state index in [0.29, 0.717) is 17.3 Å². The summed E-state index contributed by atoms with van der Waals surface area (Å²) in [5, 5.41) is 5.28. The molecule has 0 radical (unpaired) electrons. The number of carbonyl (C=O) groups excluding carboxylic acids is 1. The zero-order valence-electron chi connectivity index (χ0n) is 10.2. The predicted molar refractivity (Wildman–Crippen MR) is 67.5 cm³/mol. The van der Waals surface area contributed by atoms with Gasteiger partial charge < -0.3 is 0 Å². The average molecular weight is 249 g/mol. The summed E-state index contributed by atoms with van der Waals surface area (Å²) in [7, 11) is 0. The van der Waals surface area contributed by atoms with Crippen LogP contribution in [-0.2, 0) is 6.42 Å². The minimum absolute atomic E-state index is 0.0876. The van der Waals surface area contributed by atoms with Crippen LogP contribution in [0.1, 0.15) is 40.3 Å². The van der Waals surface area contributed by atoms with Crippen LogP contribution in [0.5, 0.6) is 0 Å². The first-order chi connectivity index (χ1) is 8.06. The van der Waals surface area contributed by atoms with E-state index in [2.05, 4.69) is 23.9 Å². The van der Waals surface area contributed by atoms with E-state index in [4.69, 9.17) is 0 Å². The molecule has 0 aliphatic carbocycles. The molecule has 4 nitrogen and oxygen atoms in total. The second-order valence-electron chi connectivity index (χ2n) is 4.22. The molecule has 0 fully saturated rings. The molecule has 0 aromatic carbocycles. The fourth-order valence-corrected chi connectivity index (χ4v) is 2.22. The highest BCUT2D eigenvalue weighted by Crippen LogP contribution is 2.14. The molecular formula is C12H15N3OS. The van der Waals surface area contributed by atoms with Crippen molar-refractivity contribution in [1.29, 1.82) is 0 Å². The number of thiazole rings is 1. The van der Waals surface area contributed by atoms with Crippen LogP contribution in [0.4, 0.5) is 0 Å². The van der Waals surface area contributed by atoms with E-state index in [-0.39, 0.29) is 5.78 Å². The molecule has 0 N–H and O–H groups in total. The Labute approximate surface area is 104 Å². The van der Waals surface area contributed by atoms with Crippen molar-refractivity contribution in [3.05, 3.63) is 34.0 Å². The minimum atomic E-state index is 0.0876. The molecule has 0 amide bonds. The van der Waals surface area contributed by atoms with E-state index in [1.807, 2.05) is 23.9 Å². The molecule has 5 heteroatoms. The van der Waals surface area contributed by atoms with E-state index in [1.165, 1.54) is 11.3 Å². The van der Waals surface area contributed by atoms with Gasteiger partial charge in [0, 0.05) is 18.4 Å². The van der Waals surface area contributed by atoms with Crippen molar-refractivity contribution in [2.45, 2.75) is 33.2 Å². The Kier molecular flexibility index (Phi) is 3.38. The van der Waals surface area contributed by atoms with Gasteiger partial charge in [-0.3, -0.25) is 9.48 Å². The number of hydrogen-bond donors (Lipinski definition) is 0. The van der Waals surface area contributed by atoms with Gasteiger partial charge in [-0.05, 0) is 26.8 Å². The summed E-state index contributed by atoms with van der Waals surface area (Å²) < 4.78 is 1.86. The van der Waals surface area contributed by atoms with Crippen LogP contribution in [-0.4, -0.2) is 20.5 Å². The first-order valence-electron chi connectivity index (χ1n) is 5.56. The summed E-state index contributed by atoms with van der Waals surface area (Å²) in [5.74, 6) is 0.0876. The maximum absolute atomic E-state index is 11.9. The Morgan fingerprint density at radius 2 is 2.29 bits per heavy atom. The number of Topliss-reactive ketones (excluding diaryl/α,β-unsaturated/α-hetero) is 1. The largest absolute Gasteiger partial charge is 0.293 e. The first-order valence-corrected chi connectivity index (χ1v) is 6.37. The fraction of sp³-hybridized carbons (Fsp3) is 0.417. The molecule has 2 rings (SSSR count). The van der Waals surface area contributed by atoms with Crippen molar-refractivity contribution in [2.24, 2.45) is 0 Å². The summed E-state index contributed by atoms with van der Waals surface area (Å²) >= 11 is 1.43. The lowest BCUT2D eigenvalue weighted by Gasteiger charge is -2.03. The van der Waals surface area contributed by atoms with Gasteiger partial charge in [0.05, 0.1) is 22.0 Å². The van der Waals surface area contributed by atoms with Gasteiger partial charge in [-0.2, -0.15) is 5.10 Å². The van der Waals surface area contributed by atoms with E-state index >= 15 is 0 Å². The summed E-state index contributed by atoms with van der Waals surface area (Å²) in [5.41, 5.74) is 0.815. The SMILES string of the molecule is Cc1ncc(C(=O)Cc2ccn(C(C)C)n2)s1. The van der Waals surface area contributed by atoms with Crippen LogP contribution in [0.25, 0.3) is 0 Å². The van der Waals surface area contributed by atoms with E-state index in [0.717, 1.165) is 10.7 Å². The zero-order chi connectivity index (χ0) is 12.4. The van der Waals surface area contributed by atoms with Crippen molar-refractivity contribution in [2.75, 3.05) is 0 Å². The molecule has 2 heterocycles. The molecule has 0 unspecified atom stereocenters. The van der Waals surface area contributed by atoms with Crippen LogP contribution < -0.4 is 0 Å². The highest BCUT2D eigenvalue weighted by molar-refractivity contribution is 7.13. The van der Waals surface area contributed by atoms with Gasteiger partial charge in [0.15, 0.2) is 5.78 Å². The smallest absolute Gasteiger partial charge is 0.180 e. The fourth-order valence-electron chi connectivity index (χ4n) is 1.50. The lowest BCUT2D eigenvalue weighted by atomic mass is 10.2. The van der Waals surface area contributed by atoms with E-state index < -0.39 is 0 Å². The van der Waals surface area contributed by atoms with Crippen molar-refractivity contribution >= 4 is 17.1 Å². The van der Waals surface area contributed by atoms with Crippen molar-refractivity contribution in [1.82, 2.24) is 14.8 Å². The maximum atomic E-state index is 11.9. The number of carbonyl (C=O) groups is 1. The van der Waals surface area contributed by atoms with E-state index in [9.17, 15) is 4.79 Å². The Balaban J connectivity index is 2.07. The normalized spacial score (nSPS) is 11.1. The number of aromatic nitrogens is 3. The molecule has 0 spiro atoms. The van der Waals surface area contributed by atoms with Gasteiger partial charge in [-0.15, -0.1) is 11.3 Å². The Hall–Kier alpha value is -1.49. The standard InChI is InChI=1S/C12H15N3OS/c1-8(2)15-5-4-10(14-15)6-11(16)12-7-13-9(3)17-12/h4-5,7-8H,6H2,1-3H3. The average Bonchev–Trinajstić information content (AvgIpc) is 2.86. The number of ketones is 1. The molecule has 17 heavy (non-hydrogen) atoms. The number of rotatable bonds is 4. The second kappa shape index (κ2) is 4.79. The van der Waals surface area contributed by atoms with Crippen molar-refractivity contribution in [3.63, 3.8) is 0 Å². The molecular weight excluding hydrogens is 234 g/mol. The number of hydrogen-bond acceptors (Lipinski definition) is 4. The monoisotopic (exact) mass is 249 g/mol. The van der Waals surface area contributed by atoms with Gasteiger partial charge in [-0.1, -0.05) is 0 Å². The lowest BCUT2D eigenvalue weighted by Crippen LogP contribution is -2.05. The summed E-state index contributed by atoms with van der Waals surface area (Å²) in [4.78, 5) is 16.7. The van der Waals surface area contributed by atoms with Crippen LogP contribution in [0.15, 0.2) is 18.5 Å². The molecule has 0 aliphatic rings. The number of nitrogens with zero attached hydrogens (tertiary/aromatic N) is 3. The molecule has 0 saturated carbocycles. The molecule has 2 aromatic rings. The predicted octanol–water partition coefficient (Wildman–Crippen LogP) is 2.65. The molecule has 0 aliphatic heterocycles. The molecule has 90 valence electrons. The quantitative estimate of drug-likeness (QED) is 0.783. The van der Waals surface area contributed by atoms with Crippen LogP contribution >= 0.6 is 11.3 Å². The first kappa shape index (κ1) is 12.0. The molecule has 0 bridgehead atoms. The number of aryl methyl sites for hydroxylation is 1. The van der Waals surface area contributed by atoms with Gasteiger partial charge in [0.2, 0.25) is 0 Å². The van der Waals surface area contributed by atoms with Crippen LogP contribution in [0, 0.1) is 6.92 Å². The van der Waals surface area contributed by atoms with Crippen molar-refractivity contribution < 1.29 is 4.79 Å². The lowest BCUT2D eigenvalue weighted by molar-refractivity contribution is 0.0995. The highest BCUT2D eigenvalue weighted by atomic mass is 32.1. The maximum Gasteiger partial charge on any atom is 0.180 e. The highest BCUT2D eigenvalue weighted by Gasteiger charge is 2.12. The molecule has 2 aromatic heterocycles. The summed E-state index contributed by atoms with van der Waals surface area (Å²) in [6, 6.07) is 2.22. The van der Waals surface area contributed by atoms with E-state index in [1.54, 1.807) is 6.20 Å². The molecule has 0 saturated heterocycles.